The van der Waals surface area contributed by atoms with Gasteiger partial charge in [-0.05, 0) is 36.6 Å². The summed E-state index contributed by atoms with van der Waals surface area (Å²) >= 11 is 0. The molecule has 1 aromatic heterocycles. The normalized spacial score (nSPS) is 18.9. The summed E-state index contributed by atoms with van der Waals surface area (Å²) < 4.78 is 0. The zero-order valence-electron chi connectivity index (χ0n) is 13.6. The summed E-state index contributed by atoms with van der Waals surface area (Å²) in [6, 6.07) is 15.5. The number of hydrogen-bond acceptors (Lipinski definition) is 5. The molecule has 1 saturated heterocycles. The lowest BCUT2D eigenvalue weighted by Gasteiger charge is -2.20. The molecule has 0 bridgehead atoms. The minimum atomic E-state index is -0.432. The summed E-state index contributed by atoms with van der Waals surface area (Å²) in [7, 11) is 0. The van der Waals surface area contributed by atoms with Gasteiger partial charge in [0.15, 0.2) is 0 Å². The Bertz CT molecular complexity index is 681. The molecule has 3 rings (SSSR count). The van der Waals surface area contributed by atoms with Crippen molar-refractivity contribution >= 4 is 5.82 Å². The first-order valence-corrected chi connectivity index (χ1v) is 8.30. The van der Waals surface area contributed by atoms with Crippen molar-refractivity contribution in [3.05, 3.63) is 59.8 Å². The number of likely N-dealkylation sites (tertiary alicyclic amines) is 1. The molecule has 124 valence electrons. The van der Waals surface area contributed by atoms with E-state index in [1.807, 2.05) is 36.4 Å². The molecule has 2 aromatic rings. The van der Waals surface area contributed by atoms with Crippen molar-refractivity contribution in [3.63, 3.8) is 0 Å². The van der Waals surface area contributed by atoms with Crippen molar-refractivity contribution in [2.45, 2.75) is 12.5 Å². The Morgan fingerprint density at radius 1 is 1.29 bits per heavy atom. The molecule has 0 spiro atoms. The maximum absolute atomic E-state index is 10.3. The molecule has 0 amide bonds. The number of aliphatic hydroxyl groups is 1. The van der Waals surface area contributed by atoms with Crippen LogP contribution in [0.5, 0.6) is 0 Å². The number of nitrogens with one attached hydrogen (secondary N) is 1. The highest BCUT2D eigenvalue weighted by molar-refractivity contribution is 5.38. The van der Waals surface area contributed by atoms with Crippen LogP contribution < -0.4 is 5.32 Å². The second-order valence-electron chi connectivity index (χ2n) is 6.27. The van der Waals surface area contributed by atoms with Crippen LogP contribution in [0, 0.1) is 17.2 Å². The van der Waals surface area contributed by atoms with Crippen LogP contribution in [0.15, 0.2) is 48.7 Å². The van der Waals surface area contributed by atoms with E-state index in [9.17, 15) is 5.11 Å². The molecule has 24 heavy (non-hydrogen) atoms. The zero-order valence-corrected chi connectivity index (χ0v) is 13.6. The number of aromatic nitrogens is 1. The van der Waals surface area contributed by atoms with E-state index in [2.05, 4.69) is 21.3 Å². The lowest BCUT2D eigenvalue weighted by molar-refractivity contribution is 0.124. The maximum Gasteiger partial charge on any atom is 0.125 e. The number of hydrogen-bond donors (Lipinski definition) is 2. The Morgan fingerprint density at radius 2 is 2.12 bits per heavy atom. The minimum Gasteiger partial charge on any atom is -0.387 e. The summed E-state index contributed by atoms with van der Waals surface area (Å²) in [5.74, 6) is 1.35. The second-order valence-corrected chi connectivity index (χ2v) is 6.27. The summed E-state index contributed by atoms with van der Waals surface area (Å²) in [5, 5.41) is 22.4. The van der Waals surface area contributed by atoms with Crippen LogP contribution in [-0.4, -0.2) is 41.2 Å². The van der Waals surface area contributed by atoms with Crippen LogP contribution in [0.1, 0.15) is 23.7 Å². The van der Waals surface area contributed by atoms with Crippen LogP contribution in [0.2, 0.25) is 0 Å². The second kappa shape index (κ2) is 7.91. The topological polar surface area (TPSA) is 72.2 Å². The number of nitrogens with zero attached hydrogens (tertiary/aromatic N) is 3. The van der Waals surface area contributed by atoms with Gasteiger partial charge in [0.2, 0.25) is 0 Å². The molecule has 2 heterocycles. The van der Waals surface area contributed by atoms with Gasteiger partial charge < -0.3 is 15.3 Å². The van der Waals surface area contributed by atoms with E-state index in [1.54, 1.807) is 12.3 Å². The number of pyridine rings is 1. The summed E-state index contributed by atoms with van der Waals surface area (Å²) in [4.78, 5) is 6.55. The van der Waals surface area contributed by atoms with Crippen LogP contribution in [-0.2, 0) is 0 Å². The quantitative estimate of drug-likeness (QED) is 0.854. The average Bonchev–Trinajstić information content (AvgIpc) is 3.08. The molecule has 5 nitrogen and oxygen atoms in total. The molecular formula is C19H22N4O. The van der Waals surface area contributed by atoms with Crippen molar-refractivity contribution in [2.75, 3.05) is 31.5 Å². The molecular weight excluding hydrogens is 300 g/mol. The maximum atomic E-state index is 10.3. The zero-order chi connectivity index (χ0) is 16.8. The fraction of sp³-hybridized carbons (Fsp3) is 0.368. The van der Waals surface area contributed by atoms with E-state index in [0.717, 1.165) is 37.4 Å². The monoisotopic (exact) mass is 322 g/mol. The van der Waals surface area contributed by atoms with Crippen molar-refractivity contribution in [3.8, 4) is 6.07 Å². The SMILES string of the molecule is N#Cc1ccc(NC[C@@H]2CCN(C[C@H](O)c3ccccc3)C2)nc1. The Kier molecular flexibility index (Phi) is 5.42. The van der Waals surface area contributed by atoms with E-state index in [-0.39, 0.29) is 0 Å². The van der Waals surface area contributed by atoms with Crippen molar-refractivity contribution in [2.24, 2.45) is 5.92 Å². The highest BCUT2D eigenvalue weighted by Gasteiger charge is 2.24. The molecule has 1 aliphatic rings. The largest absolute Gasteiger partial charge is 0.387 e. The minimum absolute atomic E-state index is 0.432. The van der Waals surface area contributed by atoms with Gasteiger partial charge in [-0.1, -0.05) is 30.3 Å². The Hall–Kier alpha value is -2.42. The van der Waals surface area contributed by atoms with Gasteiger partial charge in [0.25, 0.3) is 0 Å². The Morgan fingerprint density at radius 3 is 2.83 bits per heavy atom. The van der Waals surface area contributed by atoms with E-state index >= 15 is 0 Å². The smallest absolute Gasteiger partial charge is 0.125 e. The van der Waals surface area contributed by atoms with Gasteiger partial charge in [0.05, 0.1) is 11.7 Å². The van der Waals surface area contributed by atoms with E-state index < -0.39 is 6.10 Å². The van der Waals surface area contributed by atoms with Gasteiger partial charge in [0, 0.05) is 25.8 Å². The third-order valence-electron chi connectivity index (χ3n) is 4.45. The summed E-state index contributed by atoms with van der Waals surface area (Å²) in [5.41, 5.74) is 1.54. The highest BCUT2D eigenvalue weighted by Crippen LogP contribution is 2.21. The van der Waals surface area contributed by atoms with Crippen molar-refractivity contribution in [1.82, 2.24) is 9.88 Å². The van der Waals surface area contributed by atoms with Gasteiger partial charge in [-0.15, -0.1) is 0 Å². The molecule has 2 N–H and O–H groups in total. The van der Waals surface area contributed by atoms with Crippen molar-refractivity contribution < 1.29 is 5.11 Å². The van der Waals surface area contributed by atoms with Crippen molar-refractivity contribution in [1.29, 1.82) is 5.26 Å². The summed E-state index contributed by atoms with van der Waals surface area (Å²) in [6.45, 7) is 3.52. The highest BCUT2D eigenvalue weighted by atomic mass is 16.3. The molecule has 5 heteroatoms. The van der Waals surface area contributed by atoms with Crippen LogP contribution in [0.3, 0.4) is 0 Å². The van der Waals surface area contributed by atoms with E-state index in [0.29, 0.717) is 18.0 Å². The van der Waals surface area contributed by atoms with Crippen LogP contribution >= 0.6 is 0 Å². The molecule has 0 unspecified atom stereocenters. The molecule has 0 saturated carbocycles. The third kappa shape index (κ3) is 4.31. The molecule has 0 aliphatic carbocycles. The first-order chi connectivity index (χ1) is 11.7. The van der Waals surface area contributed by atoms with E-state index in [4.69, 9.17) is 5.26 Å². The lowest BCUT2D eigenvalue weighted by Crippen LogP contribution is -2.27. The first kappa shape index (κ1) is 16.4. The number of anilines is 1. The first-order valence-electron chi connectivity index (χ1n) is 8.30. The fourth-order valence-electron chi connectivity index (χ4n) is 3.08. The number of β-amino-alcohol motifs (C(OH)–C–C–N with tert-alkyl or cyclic N) is 1. The van der Waals surface area contributed by atoms with Gasteiger partial charge >= 0.3 is 0 Å². The standard InChI is InChI=1S/C19H22N4O/c20-10-15-6-7-19(21-11-15)22-12-16-8-9-23(13-16)14-18(24)17-4-2-1-3-5-17/h1-7,11,16,18,24H,8-9,12-14H2,(H,21,22)/t16-,18-/m0/s1. The summed E-state index contributed by atoms with van der Waals surface area (Å²) in [6.07, 6.45) is 2.27. The van der Waals surface area contributed by atoms with Gasteiger partial charge in [-0.2, -0.15) is 5.26 Å². The number of aliphatic hydroxyl groups excluding tert-OH is 1. The van der Waals surface area contributed by atoms with Crippen LogP contribution in [0.25, 0.3) is 0 Å². The Balaban J connectivity index is 1.44. The predicted molar refractivity (Wildman–Crippen MR) is 93.4 cm³/mol. The number of benzene rings is 1. The average molecular weight is 322 g/mol. The number of nitriles is 1. The fourth-order valence-corrected chi connectivity index (χ4v) is 3.08. The molecule has 1 fully saturated rings. The van der Waals surface area contributed by atoms with Gasteiger partial charge in [-0.3, -0.25) is 0 Å². The van der Waals surface area contributed by atoms with Crippen LogP contribution in [0.4, 0.5) is 5.82 Å². The lowest BCUT2D eigenvalue weighted by atomic mass is 10.1. The van der Waals surface area contributed by atoms with Gasteiger partial charge in [0.1, 0.15) is 11.9 Å². The molecule has 2 atom stereocenters. The Labute approximate surface area is 142 Å². The molecule has 1 aliphatic heterocycles. The molecule has 1 aromatic carbocycles. The van der Waals surface area contributed by atoms with Gasteiger partial charge in [-0.25, -0.2) is 4.98 Å². The van der Waals surface area contributed by atoms with E-state index in [1.165, 1.54) is 0 Å². The number of rotatable bonds is 6. The molecule has 0 radical (unpaired) electrons. The third-order valence-corrected chi connectivity index (χ3v) is 4.45. The predicted octanol–water partition coefficient (Wildman–Crippen LogP) is 2.42.